The minimum atomic E-state index is -1.35. The molecule has 0 amide bonds. The molecule has 0 aromatic heterocycles. The Bertz CT molecular complexity index is 549. The lowest BCUT2D eigenvalue weighted by Crippen LogP contribution is -2.03. The van der Waals surface area contributed by atoms with Crippen LogP contribution in [0, 0.1) is 0 Å². The van der Waals surface area contributed by atoms with Gasteiger partial charge in [-0.1, -0.05) is 23.2 Å². The van der Waals surface area contributed by atoms with Gasteiger partial charge in [-0.05, 0) is 6.07 Å². The number of esters is 2. The van der Waals surface area contributed by atoms with E-state index in [4.69, 9.17) is 28.3 Å². The third-order valence-electron chi connectivity index (χ3n) is 2.04. The number of carbonyl (C=O) groups excluding carboxylic acids is 2. The van der Waals surface area contributed by atoms with Crippen LogP contribution in [0.25, 0.3) is 0 Å². The smallest absolute Gasteiger partial charge is 0.348 e. The molecule has 1 aromatic rings. The second kappa shape index (κ2) is 3.47. The lowest BCUT2D eigenvalue weighted by molar-refractivity contribution is 0.0443. The molecule has 0 radical (unpaired) electrons. The maximum Gasteiger partial charge on any atom is 0.348 e. The molecular formula is C9H2Cl2O5. The molecule has 16 heavy (non-hydrogen) atoms. The highest BCUT2D eigenvalue weighted by atomic mass is 35.5. The number of carboxylic acid groups (broad SMARTS) is 1. The fraction of sp³-hybridized carbons (Fsp3) is 0. The molecule has 0 saturated carbocycles. The second-order valence-corrected chi connectivity index (χ2v) is 3.74. The number of rotatable bonds is 1. The molecule has 0 bridgehead atoms. The van der Waals surface area contributed by atoms with Crippen LogP contribution in [0.4, 0.5) is 0 Å². The van der Waals surface area contributed by atoms with Gasteiger partial charge in [-0.15, -0.1) is 0 Å². The fourth-order valence-corrected chi connectivity index (χ4v) is 1.95. The molecule has 1 aromatic carbocycles. The first-order valence-corrected chi connectivity index (χ1v) is 4.71. The van der Waals surface area contributed by atoms with Crippen molar-refractivity contribution in [3.8, 4) is 0 Å². The van der Waals surface area contributed by atoms with Gasteiger partial charge in [-0.3, -0.25) is 0 Å². The van der Waals surface area contributed by atoms with Crippen LogP contribution in [-0.4, -0.2) is 23.0 Å². The van der Waals surface area contributed by atoms with Gasteiger partial charge in [0, 0.05) is 0 Å². The number of benzene rings is 1. The molecule has 5 nitrogen and oxygen atoms in total. The molecule has 1 aliphatic heterocycles. The average molecular weight is 261 g/mol. The maximum absolute atomic E-state index is 11.2. The van der Waals surface area contributed by atoms with Crippen LogP contribution < -0.4 is 0 Å². The SMILES string of the molecule is O=C(O)c1cc(Cl)c2c(c1Cl)C(=O)OC2=O. The molecule has 0 spiro atoms. The Kier molecular flexibility index (Phi) is 2.36. The van der Waals surface area contributed by atoms with Crippen LogP contribution in [0.5, 0.6) is 0 Å². The Morgan fingerprint density at radius 1 is 1.19 bits per heavy atom. The van der Waals surface area contributed by atoms with Crippen molar-refractivity contribution in [2.24, 2.45) is 0 Å². The number of ether oxygens (including phenoxy) is 1. The zero-order valence-electron chi connectivity index (χ0n) is 7.41. The van der Waals surface area contributed by atoms with Gasteiger partial charge in [0.1, 0.15) is 0 Å². The van der Waals surface area contributed by atoms with Crippen molar-refractivity contribution in [3.63, 3.8) is 0 Å². The van der Waals surface area contributed by atoms with E-state index < -0.39 is 17.9 Å². The number of hydrogen-bond acceptors (Lipinski definition) is 4. The van der Waals surface area contributed by atoms with Crippen LogP contribution in [0.3, 0.4) is 0 Å². The number of carbonyl (C=O) groups is 3. The van der Waals surface area contributed by atoms with Gasteiger partial charge in [0.2, 0.25) is 0 Å². The van der Waals surface area contributed by atoms with Crippen LogP contribution in [0.15, 0.2) is 6.07 Å². The molecule has 2 rings (SSSR count). The van der Waals surface area contributed by atoms with Crippen molar-refractivity contribution in [1.82, 2.24) is 0 Å². The van der Waals surface area contributed by atoms with Gasteiger partial charge < -0.3 is 9.84 Å². The number of hydrogen-bond donors (Lipinski definition) is 1. The average Bonchev–Trinajstić information content (AvgIpc) is 2.48. The van der Waals surface area contributed by atoms with E-state index in [2.05, 4.69) is 4.74 Å². The van der Waals surface area contributed by atoms with Crippen LogP contribution >= 0.6 is 23.2 Å². The van der Waals surface area contributed by atoms with Gasteiger partial charge in [0.15, 0.2) is 0 Å². The third kappa shape index (κ3) is 1.36. The molecule has 1 heterocycles. The lowest BCUT2D eigenvalue weighted by Gasteiger charge is -2.03. The molecule has 1 aliphatic rings. The Balaban J connectivity index is 2.84. The summed E-state index contributed by atoms with van der Waals surface area (Å²) in [5.41, 5.74) is -0.838. The topological polar surface area (TPSA) is 80.7 Å². The summed E-state index contributed by atoms with van der Waals surface area (Å²) in [6.07, 6.45) is 0. The predicted octanol–water partition coefficient (Wildman–Crippen LogP) is 2.00. The molecule has 0 atom stereocenters. The Morgan fingerprint density at radius 2 is 1.75 bits per heavy atom. The summed E-state index contributed by atoms with van der Waals surface area (Å²) < 4.78 is 4.29. The zero-order valence-corrected chi connectivity index (χ0v) is 8.93. The van der Waals surface area contributed by atoms with E-state index in [1.165, 1.54) is 0 Å². The van der Waals surface area contributed by atoms with Gasteiger partial charge in [-0.2, -0.15) is 0 Å². The summed E-state index contributed by atoms with van der Waals surface area (Å²) in [5.74, 6) is -3.26. The minimum absolute atomic E-state index is 0.173. The van der Waals surface area contributed by atoms with Crippen molar-refractivity contribution in [2.75, 3.05) is 0 Å². The Morgan fingerprint density at radius 3 is 2.31 bits per heavy atom. The summed E-state index contributed by atoms with van der Waals surface area (Å²) in [5, 5.41) is 8.28. The van der Waals surface area contributed by atoms with Crippen molar-refractivity contribution in [3.05, 3.63) is 32.8 Å². The van der Waals surface area contributed by atoms with E-state index in [1.807, 2.05) is 0 Å². The summed E-state index contributed by atoms with van der Waals surface area (Å²) in [6, 6.07) is 1.00. The Labute approximate surface area is 98.5 Å². The number of carboxylic acids is 1. The number of fused-ring (bicyclic) bond motifs is 1. The molecule has 0 aliphatic carbocycles. The maximum atomic E-state index is 11.2. The standard InChI is InChI=1S/C9H2Cl2O5/c10-3-1-2(7(12)13)6(11)5-4(3)8(14)16-9(5)15/h1H,(H,12,13). The first-order valence-electron chi connectivity index (χ1n) is 3.95. The minimum Gasteiger partial charge on any atom is -0.478 e. The molecule has 82 valence electrons. The van der Waals surface area contributed by atoms with Crippen molar-refractivity contribution < 1.29 is 24.2 Å². The number of aromatic carboxylic acids is 1. The monoisotopic (exact) mass is 260 g/mol. The van der Waals surface area contributed by atoms with Gasteiger partial charge >= 0.3 is 17.9 Å². The summed E-state index contributed by atoms with van der Waals surface area (Å²) in [6.45, 7) is 0. The van der Waals surface area contributed by atoms with E-state index in [9.17, 15) is 14.4 Å². The van der Waals surface area contributed by atoms with Crippen LogP contribution in [0.1, 0.15) is 31.1 Å². The van der Waals surface area contributed by atoms with Crippen LogP contribution in [-0.2, 0) is 4.74 Å². The van der Waals surface area contributed by atoms with E-state index >= 15 is 0 Å². The van der Waals surface area contributed by atoms with Crippen molar-refractivity contribution >= 4 is 41.1 Å². The number of halogens is 2. The summed E-state index contributed by atoms with van der Waals surface area (Å²) in [7, 11) is 0. The van der Waals surface area contributed by atoms with Crippen molar-refractivity contribution in [2.45, 2.75) is 0 Å². The van der Waals surface area contributed by atoms with Crippen LogP contribution in [0.2, 0.25) is 10.0 Å². The van der Waals surface area contributed by atoms with Gasteiger partial charge in [0.25, 0.3) is 0 Å². The molecule has 7 heteroatoms. The largest absolute Gasteiger partial charge is 0.478 e. The van der Waals surface area contributed by atoms with Crippen molar-refractivity contribution in [1.29, 1.82) is 0 Å². The van der Waals surface area contributed by atoms with Gasteiger partial charge in [0.05, 0.1) is 26.7 Å². The highest BCUT2D eigenvalue weighted by Crippen LogP contribution is 2.35. The lowest BCUT2D eigenvalue weighted by atomic mass is 10.1. The van der Waals surface area contributed by atoms with E-state index in [-0.39, 0.29) is 26.7 Å². The molecule has 0 fully saturated rings. The van der Waals surface area contributed by atoms with E-state index in [0.29, 0.717) is 0 Å². The zero-order chi connectivity index (χ0) is 12.0. The van der Waals surface area contributed by atoms with Gasteiger partial charge in [-0.25, -0.2) is 14.4 Å². The molecule has 1 N–H and O–H groups in total. The number of cyclic esters (lactones) is 2. The highest BCUT2D eigenvalue weighted by Gasteiger charge is 2.36. The fourth-order valence-electron chi connectivity index (χ4n) is 1.36. The van der Waals surface area contributed by atoms with E-state index in [0.717, 1.165) is 6.07 Å². The molecule has 0 unspecified atom stereocenters. The third-order valence-corrected chi connectivity index (χ3v) is 2.73. The van der Waals surface area contributed by atoms with E-state index in [1.54, 1.807) is 0 Å². The summed E-state index contributed by atoms with van der Waals surface area (Å²) >= 11 is 11.4. The quantitative estimate of drug-likeness (QED) is 0.617. The first-order chi connectivity index (χ1) is 7.43. The first kappa shape index (κ1) is 10.9. The molecular weight excluding hydrogens is 259 g/mol. The predicted molar refractivity (Wildman–Crippen MR) is 53.2 cm³/mol. The summed E-state index contributed by atoms with van der Waals surface area (Å²) in [4.78, 5) is 33.2. The molecule has 0 saturated heterocycles. The normalized spacial score (nSPS) is 13.6. The highest BCUT2D eigenvalue weighted by molar-refractivity contribution is 6.42. The second-order valence-electron chi connectivity index (χ2n) is 2.95. The Hall–Kier alpha value is -1.59.